The molecule has 0 aliphatic heterocycles. The van der Waals surface area contributed by atoms with Crippen LogP contribution in [0, 0.1) is 10.8 Å². The van der Waals surface area contributed by atoms with E-state index in [2.05, 4.69) is 85.7 Å². The Labute approximate surface area is 664 Å². The van der Waals surface area contributed by atoms with Crippen LogP contribution in [0.3, 0.4) is 0 Å². The van der Waals surface area contributed by atoms with Gasteiger partial charge in [0.25, 0.3) is 23.6 Å². The summed E-state index contributed by atoms with van der Waals surface area (Å²) in [7, 11) is 1.25. The van der Waals surface area contributed by atoms with E-state index in [0.717, 1.165) is 54.9 Å². The highest BCUT2D eigenvalue weighted by atomic mass is 16.5. The van der Waals surface area contributed by atoms with Crippen LogP contribution in [0.2, 0.25) is 0 Å². The molecule has 7 N–H and O–H groups in total. The van der Waals surface area contributed by atoms with E-state index < -0.39 is 23.3 Å². The Morgan fingerprint density at radius 2 is 0.921 bits per heavy atom. The number of pyridine rings is 4. The van der Waals surface area contributed by atoms with Crippen LogP contribution in [0.25, 0.3) is 45.7 Å². The van der Waals surface area contributed by atoms with Gasteiger partial charge < -0.3 is 82.7 Å². The summed E-state index contributed by atoms with van der Waals surface area (Å²) in [6, 6.07) is 31.4. The summed E-state index contributed by atoms with van der Waals surface area (Å²) in [6.45, 7) is 31.0. The molecule has 0 saturated heterocycles. The van der Waals surface area contributed by atoms with Gasteiger partial charge in [0.05, 0.1) is 84.4 Å². The molecular weight excluding hydrogens is 1460 g/mol. The maximum absolute atomic E-state index is 12.6. The second kappa shape index (κ2) is 46.5. The van der Waals surface area contributed by atoms with Crippen molar-refractivity contribution in [3.05, 3.63) is 191 Å². The average Bonchev–Trinajstić information content (AvgIpc) is 1.66. The van der Waals surface area contributed by atoms with E-state index in [0.29, 0.717) is 162 Å². The fraction of sp³-hybridized carbons (Fsp3) is 0.369. The lowest BCUT2D eigenvalue weighted by atomic mass is 10.1. The molecule has 0 saturated carbocycles. The summed E-state index contributed by atoms with van der Waals surface area (Å²) < 4.78 is 60.1. The van der Waals surface area contributed by atoms with Crippen LogP contribution in [0.5, 0.6) is 46.0 Å². The van der Waals surface area contributed by atoms with E-state index in [4.69, 9.17) is 57.8 Å². The Morgan fingerprint density at radius 1 is 0.465 bits per heavy atom. The Morgan fingerprint density at radius 3 is 1.41 bits per heavy atom. The lowest BCUT2D eigenvalue weighted by Gasteiger charge is -2.23. The number of amidine groups is 2. The predicted molar refractivity (Wildman–Crippen MR) is 431 cm³/mol. The van der Waals surface area contributed by atoms with Gasteiger partial charge in [0.1, 0.15) is 11.7 Å². The molecule has 0 bridgehead atoms. The molecule has 0 unspecified atom stereocenters. The first-order chi connectivity index (χ1) is 55.2. The summed E-state index contributed by atoms with van der Waals surface area (Å²) in [5.41, 5.74) is 6.79. The molecular formula is C84H104N14O16. The Hall–Kier alpha value is -12.3. The third-order valence-electron chi connectivity index (χ3n) is 16.6. The quantitative estimate of drug-likeness (QED) is 0.00823. The minimum Gasteiger partial charge on any atom is -0.490 e. The number of carbonyl (C=O) groups excluding carboxylic acids is 3. The molecule has 606 valence electrons. The first kappa shape index (κ1) is 89.0. The van der Waals surface area contributed by atoms with Crippen molar-refractivity contribution >= 4 is 29.5 Å². The summed E-state index contributed by atoms with van der Waals surface area (Å²) in [5, 5.41) is 51.3. The van der Waals surface area contributed by atoms with Gasteiger partial charge in [-0.2, -0.15) is 9.97 Å². The van der Waals surface area contributed by atoms with Crippen molar-refractivity contribution in [1.82, 2.24) is 61.1 Å². The van der Waals surface area contributed by atoms with Crippen molar-refractivity contribution in [2.75, 3.05) is 86.2 Å². The highest BCUT2D eigenvalue weighted by Gasteiger charge is 2.22. The van der Waals surface area contributed by atoms with E-state index in [1.807, 2.05) is 118 Å². The third-order valence-corrected chi connectivity index (χ3v) is 16.6. The van der Waals surface area contributed by atoms with Gasteiger partial charge in [-0.15, -0.1) is 0 Å². The topological polar surface area (TPSA) is 391 Å². The number of nitrogens with zero attached hydrogens (tertiary/aromatic N) is 9. The van der Waals surface area contributed by atoms with Crippen LogP contribution >= 0.6 is 0 Å². The maximum atomic E-state index is 12.6. The van der Waals surface area contributed by atoms with Crippen molar-refractivity contribution in [3.63, 3.8) is 0 Å². The van der Waals surface area contributed by atoms with Crippen LogP contribution in [0.4, 0.5) is 0 Å². The second-order valence-electron chi connectivity index (χ2n) is 25.3. The van der Waals surface area contributed by atoms with Gasteiger partial charge >= 0.3 is 5.97 Å². The Balaban J connectivity index is 0.000000211. The van der Waals surface area contributed by atoms with E-state index in [9.17, 15) is 24.6 Å². The molecule has 4 aromatic carbocycles. The number of aliphatic hydroxyl groups is 2. The number of benzene rings is 4. The number of carbonyl (C=O) groups is 3. The molecule has 30 heteroatoms. The van der Waals surface area contributed by atoms with Gasteiger partial charge in [-0.05, 0) is 223 Å². The van der Waals surface area contributed by atoms with E-state index in [1.165, 1.54) is 32.0 Å². The number of amides is 2. The molecule has 0 atom stereocenters. The SMILES string of the molecule is CCOc1ccc(-c2nc(-c3ccnc(CCCCN(CC)CC)c3)no2)cc1OCC.CCOc1ccc(-c2nc(-c3cncc(CO)c3)no2)cc1OCC.CCOc1ccc(C(=O)NC(=N)c2ccnc(CNC(C)(C)CO)c2)cc1OCC.CCOc1ccc(C(=O)NC(=N)c2cncc(C(=O)OC)c2)cc1OCC. The van der Waals surface area contributed by atoms with Gasteiger partial charge in [0.2, 0.25) is 11.6 Å². The zero-order valence-electron chi connectivity index (χ0n) is 67.0. The highest BCUT2D eigenvalue weighted by molar-refractivity contribution is 6.12. The molecule has 0 aliphatic carbocycles. The first-order valence-corrected chi connectivity index (χ1v) is 37.9. The molecule has 10 rings (SSSR count). The smallest absolute Gasteiger partial charge is 0.339 e. The fourth-order valence-corrected chi connectivity index (χ4v) is 10.7. The number of ether oxygens (including phenoxy) is 9. The van der Waals surface area contributed by atoms with Gasteiger partial charge in [0, 0.05) is 99.5 Å². The summed E-state index contributed by atoms with van der Waals surface area (Å²) in [4.78, 5) is 64.9. The van der Waals surface area contributed by atoms with Crippen molar-refractivity contribution in [2.24, 2.45) is 0 Å². The lowest BCUT2D eigenvalue weighted by molar-refractivity contribution is 0.0599. The third kappa shape index (κ3) is 27.0. The number of rotatable bonds is 37. The van der Waals surface area contributed by atoms with Gasteiger partial charge in [-0.25, -0.2) is 4.79 Å². The molecule has 0 spiro atoms. The van der Waals surface area contributed by atoms with Crippen LogP contribution in [0.1, 0.15) is 155 Å². The molecule has 2 amide bonds. The number of aliphatic hydroxyl groups excluding tert-OH is 2. The molecule has 6 heterocycles. The molecule has 6 aromatic heterocycles. The van der Waals surface area contributed by atoms with Crippen LogP contribution < -0.4 is 53.8 Å². The second-order valence-corrected chi connectivity index (χ2v) is 25.3. The number of methoxy groups -OCH3 is 1. The van der Waals surface area contributed by atoms with E-state index >= 15 is 0 Å². The van der Waals surface area contributed by atoms with Gasteiger partial charge in [0.15, 0.2) is 46.0 Å². The van der Waals surface area contributed by atoms with Crippen LogP contribution in [-0.4, -0.2) is 177 Å². The van der Waals surface area contributed by atoms with Crippen molar-refractivity contribution < 1.29 is 76.3 Å². The van der Waals surface area contributed by atoms with Crippen molar-refractivity contribution in [1.29, 1.82) is 10.8 Å². The number of nitrogens with one attached hydrogen (secondary N) is 5. The summed E-state index contributed by atoms with van der Waals surface area (Å²) in [5.74, 6) is 4.81. The summed E-state index contributed by atoms with van der Waals surface area (Å²) in [6.07, 6.45) is 12.5. The molecule has 0 radical (unpaired) electrons. The molecule has 10 aromatic rings. The monoisotopic (exact) mass is 1560 g/mol. The zero-order valence-corrected chi connectivity index (χ0v) is 67.0. The number of hydrogen-bond donors (Lipinski definition) is 7. The van der Waals surface area contributed by atoms with Gasteiger partial charge in [-0.3, -0.25) is 40.3 Å². The number of aryl methyl sites for hydroxylation is 1. The molecule has 0 fully saturated rings. The Kier molecular flexibility index (Phi) is 36.3. The normalized spacial score (nSPS) is 10.8. The highest BCUT2D eigenvalue weighted by Crippen LogP contribution is 2.36. The van der Waals surface area contributed by atoms with Crippen LogP contribution in [-0.2, 0) is 24.3 Å². The molecule has 114 heavy (non-hydrogen) atoms. The van der Waals surface area contributed by atoms with Crippen molar-refractivity contribution in [2.45, 2.75) is 121 Å². The zero-order chi connectivity index (χ0) is 82.4. The van der Waals surface area contributed by atoms with Gasteiger partial charge in [-0.1, -0.05) is 24.2 Å². The molecule has 30 nitrogen and oxygen atoms in total. The minimum atomic E-state index is -0.573. The van der Waals surface area contributed by atoms with Crippen molar-refractivity contribution in [3.8, 4) is 91.7 Å². The lowest BCUT2D eigenvalue weighted by Crippen LogP contribution is -2.42. The standard InChI is InChI=1S/C25H34N4O3.C22H30N4O4.C19H21N3O5.C18H19N3O4/c1-5-29(6-2)16-10-9-11-21-17-19(14-15-26-21)24-27-25(32-28-24)20-12-13-22(30-7-3)23(18-20)31-8-4;1-5-29-18-8-7-16(12-19(18)30-6-2)21(28)26-20(23)15-9-10-24-17(11-15)13-25-22(3,4)14-27;1-4-26-15-7-6-12(9-16(15)27-5-2)18(23)22-17(20)13-8-14(11-21-10-13)19(24)25-3;1-3-23-15-6-5-13(8-16(15)24-4-2)18-20-17(21-25-18)14-7-12(11-22)9-19-10-14/h12-15,17-18H,5-11,16H2,1-4H3;7-12,25,27H,5-6,13-14H2,1-4H3,(H2,23,26,28);6-11H,4-5H2,1-3H3,(H2,20,22,23);5-10,22H,3-4,11H2,1-2H3. The number of aromatic nitrogens is 8. The average molecular weight is 1570 g/mol. The number of hydrogen-bond acceptors (Lipinski definition) is 28. The maximum Gasteiger partial charge on any atom is 0.339 e. The predicted octanol–water partition coefficient (Wildman–Crippen LogP) is 13.3. The van der Waals surface area contributed by atoms with Crippen LogP contribution in [0.15, 0.2) is 155 Å². The number of esters is 1. The minimum absolute atomic E-state index is 0.00954. The fourth-order valence-electron chi connectivity index (χ4n) is 10.7. The molecule has 0 aliphatic rings. The van der Waals surface area contributed by atoms with E-state index in [1.54, 1.807) is 73.2 Å². The Bertz CT molecular complexity index is 4720. The largest absolute Gasteiger partial charge is 0.490 e. The first-order valence-electron chi connectivity index (χ1n) is 37.9. The summed E-state index contributed by atoms with van der Waals surface area (Å²) >= 11 is 0. The number of unbranched alkanes of at least 4 members (excludes halogenated alkanes) is 1. The van der Waals surface area contributed by atoms with E-state index in [-0.39, 0.29) is 36.0 Å².